The molecule has 3 aromatic carbocycles. The van der Waals surface area contributed by atoms with E-state index < -0.39 is 0 Å². The molecule has 0 N–H and O–H groups in total. The number of rotatable bonds is 5. The van der Waals surface area contributed by atoms with E-state index in [4.69, 9.17) is 9.47 Å². The summed E-state index contributed by atoms with van der Waals surface area (Å²) in [5.41, 5.74) is 2.23. The van der Waals surface area contributed by atoms with Crippen LogP contribution in [0, 0.1) is 0 Å². The van der Waals surface area contributed by atoms with E-state index in [2.05, 4.69) is 30.3 Å². The number of ether oxygens (including phenoxy) is 2. The fourth-order valence-corrected chi connectivity index (χ4v) is 3.38. The average Bonchev–Trinajstić information content (AvgIpc) is 2.71. The third-order valence-corrected chi connectivity index (χ3v) is 4.89. The fourth-order valence-electron chi connectivity index (χ4n) is 3.38. The van der Waals surface area contributed by atoms with Gasteiger partial charge in [-0.15, -0.1) is 0 Å². The molecule has 0 unspecified atom stereocenters. The lowest BCUT2D eigenvalue weighted by molar-refractivity contribution is -0.130. The lowest BCUT2D eigenvalue weighted by atomic mass is 10.0. The highest BCUT2D eigenvalue weighted by Gasteiger charge is 2.14. The van der Waals surface area contributed by atoms with Crippen LogP contribution in [-0.2, 0) is 17.8 Å². The standard InChI is InChI=1S/C23H23NO3/c1-24(16-18-7-10-21-22(15-18)27-13-12-26-21)23(25)11-8-17-6-9-19-4-2-3-5-20(19)14-17/h2-7,9-10,14-15H,8,11-13,16H2,1H3. The molecule has 1 amide bonds. The molecule has 0 atom stereocenters. The topological polar surface area (TPSA) is 38.8 Å². The molecule has 0 spiro atoms. The molecule has 0 saturated heterocycles. The van der Waals surface area contributed by atoms with E-state index in [-0.39, 0.29) is 5.91 Å². The Bertz CT molecular complexity index is 967. The number of benzene rings is 3. The van der Waals surface area contributed by atoms with Crippen molar-refractivity contribution in [1.29, 1.82) is 0 Å². The summed E-state index contributed by atoms with van der Waals surface area (Å²) in [6, 6.07) is 20.5. The maximum absolute atomic E-state index is 12.5. The highest BCUT2D eigenvalue weighted by molar-refractivity contribution is 5.83. The van der Waals surface area contributed by atoms with Crippen LogP contribution in [0.2, 0.25) is 0 Å². The van der Waals surface area contributed by atoms with Crippen molar-refractivity contribution >= 4 is 16.7 Å². The van der Waals surface area contributed by atoms with Gasteiger partial charge in [0.25, 0.3) is 0 Å². The van der Waals surface area contributed by atoms with Crippen LogP contribution in [0.5, 0.6) is 11.5 Å². The van der Waals surface area contributed by atoms with Gasteiger partial charge in [0, 0.05) is 20.0 Å². The van der Waals surface area contributed by atoms with Crippen molar-refractivity contribution in [2.24, 2.45) is 0 Å². The lowest BCUT2D eigenvalue weighted by Crippen LogP contribution is -2.26. The van der Waals surface area contributed by atoms with E-state index in [0.717, 1.165) is 23.5 Å². The Labute approximate surface area is 159 Å². The molecule has 0 saturated carbocycles. The molecule has 0 aromatic heterocycles. The summed E-state index contributed by atoms with van der Waals surface area (Å²) in [7, 11) is 1.85. The van der Waals surface area contributed by atoms with E-state index in [9.17, 15) is 4.79 Å². The minimum Gasteiger partial charge on any atom is -0.486 e. The second kappa shape index (κ2) is 7.70. The molecule has 0 bridgehead atoms. The van der Waals surface area contributed by atoms with Crippen molar-refractivity contribution < 1.29 is 14.3 Å². The summed E-state index contributed by atoms with van der Waals surface area (Å²) >= 11 is 0. The van der Waals surface area contributed by atoms with Gasteiger partial charge in [0.15, 0.2) is 11.5 Å². The molecule has 27 heavy (non-hydrogen) atoms. The van der Waals surface area contributed by atoms with Gasteiger partial charge in [0.05, 0.1) is 0 Å². The minimum atomic E-state index is 0.137. The van der Waals surface area contributed by atoms with Gasteiger partial charge in [-0.1, -0.05) is 48.5 Å². The average molecular weight is 361 g/mol. The normalized spacial score (nSPS) is 12.8. The Kier molecular flexibility index (Phi) is 4.97. The van der Waals surface area contributed by atoms with Gasteiger partial charge in [-0.3, -0.25) is 4.79 Å². The number of hydrogen-bond acceptors (Lipinski definition) is 3. The number of hydrogen-bond donors (Lipinski definition) is 0. The van der Waals surface area contributed by atoms with Crippen LogP contribution < -0.4 is 9.47 Å². The Morgan fingerprint density at radius 2 is 1.63 bits per heavy atom. The summed E-state index contributed by atoms with van der Waals surface area (Å²) in [5, 5.41) is 2.44. The van der Waals surface area contributed by atoms with Gasteiger partial charge in [-0.25, -0.2) is 0 Å². The molecule has 4 nitrogen and oxygen atoms in total. The molecular weight excluding hydrogens is 338 g/mol. The monoisotopic (exact) mass is 361 g/mol. The Morgan fingerprint density at radius 3 is 2.48 bits per heavy atom. The first kappa shape index (κ1) is 17.4. The first-order valence-electron chi connectivity index (χ1n) is 9.29. The van der Waals surface area contributed by atoms with Gasteiger partial charge in [0.1, 0.15) is 13.2 Å². The van der Waals surface area contributed by atoms with Crippen LogP contribution >= 0.6 is 0 Å². The van der Waals surface area contributed by atoms with Crippen LogP contribution in [0.3, 0.4) is 0 Å². The summed E-state index contributed by atoms with van der Waals surface area (Å²) < 4.78 is 11.2. The minimum absolute atomic E-state index is 0.137. The van der Waals surface area contributed by atoms with Crippen molar-refractivity contribution in [3.8, 4) is 11.5 Å². The molecule has 0 aliphatic carbocycles. The Hall–Kier alpha value is -3.01. The smallest absolute Gasteiger partial charge is 0.222 e. The SMILES string of the molecule is CN(Cc1ccc2c(c1)OCCO2)C(=O)CCc1ccc2ccccc2c1. The van der Waals surface area contributed by atoms with E-state index in [1.165, 1.54) is 16.3 Å². The number of carbonyl (C=O) groups is 1. The molecular formula is C23H23NO3. The largest absolute Gasteiger partial charge is 0.486 e. The number of aryl methyl sites for hydroxylation is 1. The van der Waals surface area contributed by atoms with Crippen LogP contribution in [0.4, 0.5) is 0 Å². The van der Waals surface area contributed by atoms with Crippen LogP contribution in [0.1, 0.15) is 17.5 Å². The summed E-state index contributed by atoms with van der Waals surface area (Å²) in [5.74, 6) is 1.67. The van der Waals surface area contributed by atoms with Crippen LogP contribution in [-0.4, -0.2) is 31.1 Å². The van der Waals surface area contributed by atoms with Crippen molar-refractivity contribution in [2.75, 3.05) is 20.3 Å². The zero-order chi connectivity index (χ0) is 18.6. The molecule has 0 radical (unpaired) electrons. The molecule has 3 aromatic rings. The van der Waals surface area contributed by atoms with Gasteiger partial charge >= 0.3 is 0 Å². The number of carbonyl (C=O) groups excluding carboxylic acids is 1. The number of fused-ring (bicyclic) bond motifs is 2. The maximum atomic E-state index is 12.5. The van der Waals surface area contributed by atoms with Crippen molar-refractivity contribution in [2.45, 2.75) is 19.4 Å². The fraction of sp³-hybridized carbons (Fsp3) is 0.261. The predicted molar refractivity (Wildman–Crippen MR) is 106 cm³/mol. The zero-order valence-corrected chi connectivity index (χ0v) is 15.5. The summed E-state index contributed by atoms with van der Waals surface area (Å²) in [6.45, 7) is 1.71. The molecule has 1 heterocycles. The molecule has 4 rings (SSSR count). The molecule has 4 heteroatoms. The number of amides is 1. The van der Waals surface area contributed by atoms with E-state index in [1.54, 1.807) is 4.90 Å². The maximum Gasteiger partial charge on any atom is 0.222 e. The molecule has 1 aliphatic rings. The molecule has 138 valence electrons. The third-order valence-electron chi connectivity index (χ3n) is 4.89. The lowest BCUT2D eigenvalue weighted by Gasteiger charge is -2.21. The van der Waals surface area contributed by atoms with Crippen molar-refractivity contribution in [3.05, 3.63) is 71.8 Å². The summed E-state index contributed by atoms with van der Waals surface area (Å²) in [4.78, 5) is 14.3. The predicted octanol–water partition coefficient (Wildman–Crippen LogP) is 4.20. The molecule has 0 fully saturated rings. The van der Waals surface area contributed by atoms with Gasteiger partial charge in [0.2, 0.25) is 5.91 Å². The second-order valence-corrected chi connectivity index (χ2v) is 6.91. The van der Waals surface area contributed by atoms with Crippen LogP contribution in [0.15, 0.2) is 60.7 Å². The molecule has 1 aliphatic heterocycles. The van der Waals surface area contributed by atoms with Gasteiger partial charge in [-0.05, 0) is 40.5 Å². The van der Waals surface area contributed by atoms with E-state index in [0.29, 0.717) is 26.2 Å². The summed E-state index contributed by atoms with van der Waals surface area (Å²) in [6.07, 6.45) is 1.24. The first-order valence-corrected chi connectivity index (χ1v) is 9.29. The van der Waals surface area contributed by atoms with Gasteiger partial charge < -0.3 is 14.4 Å². The number of nitrogens with zero attached hydrogens (tertiary/aromatic N) is 1. The highest BCUT2D eigenvalue weighted by atomic mass is 16.6. The van der Waals surface area contributed by atoms with Crippen LogP contribution in [0.25, 0.3) is 10.8 Å². The van der Waals surface area contributed by atoms with E-state index >= 15 is 0 Å². The first-order chi connectivity index (χ1) is 13.2. The Morgan fingerprint density at radius 1 is 0.889 bits per heavy atom. The zero-order valence-electron chi connectivity index (χ0n) is 15.5. The highest BCUT2D eigenvalue weighted by Crippen LogP contribution is 2.31. The third kappa shape index (κ3) is 4.05. The van der Waals surface area contributed by atoms with E-state index in [1.807, 2.05) is 37.4 Å². The second-order valence-electron chi connectivity index (χ2n) is 6.91. The van der Waals surface area contributed by atoms with Crippen molar-refractivity contribution in [3.63, 3.8) is 0 Å². The van der Waals surface area contributed by atoms with Crippen molar-refractivity contribution in [1.82, 2.24) is 4.90 Å². The Balaban J connectivity index is 1.36. The van der Waals surface area contributed by atoms with Gasteiger partial charge in [-0.2, -0.15) is 0 Å². The quantitative estimate of drug-likeness (QED) is 0.684.